The Labute approximate surface area is 55.3 Å². The Morgan fingerprint density at radius 1 is 1.11 bits per heavy atom. The van der Waals surface area contributed by atoms with Gasteiger partial charge in [-0.3, -0.25) is 0 Å². The second kappa shape index (κ2) is 3.15. The van der Waals surface area contributed by atoms with Gasteiger partial charge in [-0.15, -0.1) is 0 Å². The molecule has 3 nitrogen and oxygen atoms in total. The van der Waals surface area contributed by atoms with E-state index in [0.29, 0.717) is 0 Å². The van der Waals surface area contributed by atoms with Gasteiger partial charge in [0.05, 0.1) is 12.2 Å². The van der Waals surface area contributed by atoms with Gasteiger partial charge in [-0.05, 0) is 0 Å². The van der Waals surface area contributed by atoms with E-state index >= 15 is 0 Å². The molecular weight excluding hydrogens is 118 g/mol. The summed E-state index contributed by atoms with van der Waals surface area (Å²) in [6, 6.07) is 0. The molecule has 1 heterocycles. The molecule has 1 radical (unpaired) electrons. The van der Waals surface area contributed by atoms with Crippen molar-refractivity contribution in [2.45, 2.75) is 12.2 Å². The standard InChI is InChI=1S/C6H12NO2/c1-8-5-3-7-4-6(5)9-2/h5-6H,3-4H2,1-2H3. The highest BCUT2D eigenvalue weighted by molar-refractivity contribution is 4.81. The summed E-state index contributed by atoms with van der Waals surface area (Å²) in [6.07, 6.45) is 0.380. The van der Waals surface area contributed by atoms with Crippen LogP contribution < -0.4 is 5.32 Å². The summed E-state index contributed by atoms with van der Waals surface area (Å²) in [4.78, 5) is 0. The molecule has 1 rings (SSSR count). The molecule has 0 bridgehead atoms. The summed E-state index contributed by atoms with van der Waals surface area (Å²) in [5, 5.41) is 4.14. The summed E-state index contributed by atoms with van der Waals surface area (Å²) >= 11 is 0. The van der Waals surface area contributed by atoms with E-state index in [-0.39, 0.29) is 12.2 Å². The number of rotatable bonds is 2. The molecule has 9 heavy (non-hydrogen) atoms. The van der Waals surface area contributed by atoms with Crippen LogP contribution >= 0.6 is 0 Å². The van der Waals surface area contributed by atoms with Gasteiger partial charge in [0, 0.05) is 27.3 Å². The maximum absolute atomic E-state index is 5.10. The van der Waals surface area contributed by atoms with Gasteiger partial charge in [0.15, 0.2) is 0 Å². The Balaban J connectivity index is 2.32. The minimum absolute atomic E-state index is 0.190. The third-order valence-electron chi connectivity index (χ3n) is 1.64. The first kappa shape index (κ1) is 6.99. The fraction of sp³-hybridized carbons (Fsp3) is 1.00. The average molecular weight is 130 g/mol. The summed E-state index contributed by atoms with van der Waals surface area (Å²) in [7, 11) is 3.38. The van der Waals surface area contributed by atoms with E-state index < -0.39 is 0 Å². The van der Waals surface area contributed by atoms with Gasteiger partial charge in [-0.25, -0.2) is 5.32 Å². The number of ether oxygens (including phenoxy) is 2. The lowest BCUT2D eigenvalue weighted by atomic mass is 10.3. The quantitative estimate of drug-likeness (QED) is 0.511. The topological polar surface area (TPSA) is 32.6 Å². The fourth-order valence-corrected chi connectivity index (χ4v) is 1.02. The van der Waals surface area contributed by atoms with Gasteiger partial charge < -0.3 is 9.47 Å². The summed E-state index contributed by atoms with van der Waals surface area (Å²) in [5.74, 6) is 0. The van der Waals surface area contributed by atoms with E-state index in [1.54, 1.807) is 14.2 Å². The van der Waals surface area contributed by atoms with Crippen LogP contribution in [0.4, 0.5) is 0 Å². The summed E-state index contributed by atoms with van der Waals surface area (Å²) < 4.78 is 10.2. The van der Waals surface area contributed by atoms with E-state index in [9.17, 15) is 0 Å². The normalized spacial score (nSPS) is 35.3. The van der Waals surface area contributed by atoms with E-state index in [1.165, 1.54) is 0 Å². The van der Waals surface area contributed by atoms with Crippen molar-refractivity contribution < 1.29 is 9.47 Å². The molecule has 0 aliphatic carbocycles. The number of hydrogen-bond acceptors (Lipinski definition) is 2. The van der Waals surface area contributed by atoms with Crippen LogP contribution in [-0.2, 0) is 9.47 Å². The SMILES string of the molecule is COC1C[N]CC1OC. The first-order chi connectivity index (χ1) is 4.38. The van der Waals surface area contributed by atoms with Gasteiger partial charge in [-0.1, -0.05) is 0 Å². The molecule has 1 saturated heterocycles. The molecule has 1 aliphatic rings. The van der Waals surface area contributed by atoms with Crippen LogP contribution in [0.5, 0.6) is 0 Å². The first-order valence-corrected chi connectivity index (χ1v) is 3.07. The van der Waals surface area contributed by atoms with Crippen LogP contribution in [0.25, 0.3) is 0 Å². The van der Waals surface area contributed by atoms with Crippen LogP contribution in [0.2, 0.25) is 0 Å². The van der Waals surface area contributed by atoms with Gasteiger partial charge in [-0.2, -0.15) is 0 Å². The Morgan fingerprint density at radius 2 is 1.56 bits per heavy atom. The zero-order valence-corrected chi connectivity index (χ0v) is 5.83. The minimum Gasteiger partial charge on any atom is -0.377 e. The van der Waals surface area contributed by atoms with E-state index in [2.05, 4.69) is 5.32 Å². The first-order valence-electron chi connectivity index (χ1n) is 3.07. The van der Waals surface area contributed by atoms with Crippen LogP contribution in [0.1, 0.15) is 0 Å². The average Bonchev–Trinajstić information content (AvgIpc) is 2.33. The zero-order valence-electron chi connectivity index (χ0n) is 5.83. The zero-order chi connectivity index (χ0) is 6.69. The molecule has 0 saturated carbocycles. The molecule has 0 aromatic carbocycles. The summed E-state index contributed by atoms with van der Waals surface area (Å²) in [5.41, 5.74) is 0. The number of methoxy groups -OCH3 is 2. The lowest BCUT2D eigenvalue weighted by Crippen LogP contribution is -2.27. The van der Waals surface area contributed by atoms with Crippen molar-refractivity contribution in [2.75, 3.05) is 27.3 Å². The van der Waals surface area contributed by atoms with Crippen molar-refractivity contribution in [2.24, 2.45) is 0 Å². The van der Waals surface area contributed by atoms with Crippen molar-refractivity contribution in [3.63, 3.8) is 0 Å². The smallest absolute Gasteiger partial charge is 0.0986 e. The highest BCUT2D eigenvalue weighted by Gasteiger charge is 2.27. The number of hydrogen-bond donors (Lipinski definition) is 0. The fourth-order valence-electron chi connectivity index (χ4n) is 1.02. The van der Waals surface area contributed by atoms with Crippen molar-refractivity contribution in [1.29, 1.82) is 0 Å². The molecule has 0 N–H and O–H groups in total. The van der Waals surface area contributed by atoms with E-state index in [0.717, 1.165) is 13.1 Å². The second-order valence-corrected chi connectivity index (χ2v) is 2.14. The van der Waals surface area contributed by atoms with Gasteiger partial charge in [0.25, 0.3) is 0 Å². The minimum atomic E-state index is 0.190. The molecule has 1 aliphatic heterocycles. The Bertz CT molecular complexity index is 77.1. The molecule has 0 aromatic rings. The molecule has 2 atom stereocenters. The monoisotopic (exact) mass is 130 g/mol. The Morgan fingerprint density at radius 3 is 1.89 bits per heavy atom. The van der Waals surface area contributed by atoms with Gasteiger partial charge >= 0.3 is 0 Å². The molecular formula is C6H12NO2. The van der Waals surface area contributed by atoms with Crippen molar-refractivity contribution >= 4 is 0 Å². The number of nitrogens with zero attached hydrogens (tertiary/aromatic N) is 1. The van der Waals surface area contributed by atoms with Crippen molar-refractivity contribution in [1.82, 2.24) is 5.32 Å². The molecule has 53 valence electrons. The van der Waals surface area contributed by atoms with Crippen LogP contribution in [0.3, 0.4) is 0 Å². The molecule has 0 aromatic heterocycles. The van der Waals surface area contributed by atoms with E-state index in [1.807, 2.05) is 0 Å². The lowest BCUT2D eigenvalue weighted by Gasteiger charge is -2.13. The predicted octanol–water partition coefficient (Wildman–Crippen LogP) is -0.366. The lowest BCUT2D eigenvalue weighted by molar-refractivity contribution is -0.00461. The summed E-state index contributed by atoms with van der Waals surface area (Å²) in [6.45, 7) is 1.57. The Kier molecular flexibility index (Phi) is 2.45. The second-order valence-electron chi connectivity index (χ2n) is 2.14. The maximum atomic E-state index is 5.10. The van der Waals surface area contributed by atoms with E-state index in [4.69, 9.17) is 9.47 Å². The third kappa shape index (κ3) is 1.41. The largest absolute Gasteiger partial charge is 0.377 e. The maximum Gasteiger partial charge on any atom is 0.0986 e. The predicted molar refractivity (Wildman–Crippen MR) is 33.5 cm³/mol. The van der Waals surface area contributed by atoms with Crippen molar-refractivity contribution in [3.05, 3.63) is 0 Å². The van der Waals surface area contributed by atoms with Gasteiger partial charge in [0.2, 0.25) is 0 Å². The van der Waals surface area contributed by atoms with Crippen LogP contribution in [-0.4, -0.2) is 39.5 Å². The highest BCUT2D eigenvalue weighted by atomic mass is 16.5. The van der Waals surface area contributed by atoms with Crippen LogP contribution in [0, 0.1) is 0 Å². The van der Waals surface area contributed by atoms with Crippen LogP contribution in [0.15, 0.2) is 0 Å². The molecule has 1 fully saturated rings. The molecule has 3 heteroatoms. The molecule has 0 spiro atoms. The van der Waals surface area contributed by atoms with Crippen molar-refractivity contribution in [3.8, 4) is 0 Å². The Hall–Kier alpha value is -0.120. The molecule has 0 amide bonds. The highest BCUT2D eigenvalue weighted by Crippen LogP contribution is 2.07. The third-order valence-corrected chi connectivity index (χ3v) is 1.64. The molecule has 2 unspecified atom stereocenters. The van der Waals surface area contributed by atoms with Gasteiger partial charge in [0.1, 0.15) is 0 Å².